The molecule has 0 aliphatic rings. The van der Waals surface area contributed by atoms with E-state index in [4.69, 9.17) is 10.7 Å². The van der Waals surface area contributed by atoms with Crippen molar-refractivity contribution < 1.29 is 0 Å². The van der Waals surface area contributed by atoms with Crippen LogP contribution in [0, 0.1) is 6.92 Å². The lowest BCUT2D eigenvalue weighted by Crippen LogP contribution is -2.22. The Morgan fingerprint density at radius 3 is 2.48 bits per heavy atom. The van der Waals surface area contributed by atoms with Gasteiger partial charge in [-0.05, 0) is 24.6 Å². The highest BCUT2D eigenvalue weighted by molar-refractivity contribution is 7.09. The van der Waals surface area contributed by atoms with Gasteiger partial charge in [0.05, 0.1) is 17.2 Å². The second-order valence-electron chi connectivity index (χ2n) is 6.39. The van der Waals surface area contributed by atoms with Crippen molar-refractivity contribution in [3.8, 4) is 0 Å². The Labute approximate surface area is 131 Å². The van der Waals surface area contributed by atoms with Gasteiger partial charge < -0.3 is 10.6 Å². The molecule has 0 radical (unpaired) electrons. The third-order valence-electron chi connectivity index (χ3n) is 3.33. The molecule has 0 unspecified atom stereocenters. The van der Waals surface area contributed by atoms with E-state index in [0.717, 1.165) is 34.3 Å². The van der Waals surface area contributed by atoms with Crippen molar-refractivity contribution in [2.45, 2.75) is 46.2 Å². The normalized spacial score (nSPS) is 11.7. The maximum absolute atomic E-state index is 5.83. The summed E-state index contributed by atoms with van der Waals surface area (Å²) in [6.45, 7) is 9.83. The number of hydrogen-bond donors (Lipinski definition) is 1. The first-order valence-electron chi connectivity index (χ1n) is 7.13. The van der Waals surface area contributed by atoms with E-state index in [0.29, 0.717) is 6.54 Å². The third-order valence-corrected chi connectivity index (χ3v) is 4.15. The Bertz CT molecular complexity index is 613. The molecule has 2 aromatic heterocycles. The number of thiazole rings is 1. The van der Waals surface area contributed by atoms with Crippen molar-refractivity contribution in [3.05, 3.63) is 39.5 Å². The van der Waals surface area contributed by atoms with Crippen LogP contribution in [-0.4, -0.2) is 17.0 Å². The minimum absolute atomic E-state index is 0.0119. The predicted molar refractivity (Wildman–Crippen MR) is 89.8 cm³/mol. The minimum Gasteiger partial charge on any atom is -0.354 e. The molecule has 0 saturated heterocycles. The van der Waals surface area contributed by atoms with Crippen molar-refractivity contribution in [1.82, 2.24) is 9.97 Å². The van der Waals surface area contributed by atoms with Crippen molar-refractivity contribution in [3.63, 3.8) is 0 Å². The van der Waals surface area contributed by atoms with E-state index >= 15 is 0 Å². The fourth-order valence-corrected chi connectivity index (χ4v) is 2.68. The molecule has 114 valence electrons. The smallest absolute Gasteiger partial charge is 0.129 e. The van der Waals surface area contributed by atoms with Gasteiger partial charge in [-0.3, -0.25) is 0 Å². The predicted octanol–water partition coefficient (Wildman–Crippen LogP) is 3.24. The number of pyridine rings is 1. The van der Waals surface area contributed by atoms with Crippen LogP contribution in [0.3, 0.4) is 0 Å². The molecule has 4 nitrogen and oxygen atoms in total. The van der Waals surface area contributed by atoms with E-state index in [1.54, 1.807) is 11.3 Å². The lowest BCUT2D eigenvalue weighted by atomic mass is 9.90. The summed E-state index contributed by atoms with van der Waals surface area (Å²) >= 11 is 1.68. The SMILES string of the molecule is Cc1nc(CN(C)c2cc(CN)cc(C(C)(C)C)n2)cs1. The summed E-state index contributed by atoms with van der Waals surface area (Å²) in [4.78, 5) is 11.4. The zero-order valence-corrected chi connectivity index (χ0v) is 14.3. The number of aryl methyl sites for hydroxylation is 1. The fourth-order valence-electron chi connectivity index (χ4n) is 2.07. The molecule has 0 bridgehead atoms. The highest BCUT2D eigenvalue weighted by atomic mass is 32.1. The first kappa shape index (κ1) is 15.9. The Morgan fingerprint density at radius 2 is 1.95 bits per heavy atom. The summed E-state index contributed by atoms with van der Waals surface area (Å²) in [5, 5.41) is 3.20. The van der Waals surface area contributed by atoms with E-state index in [-0.39, 0.29) is 5.41 Å². The molecule has 0 amide bonds. The van der Waals surface area contributed by atoms with Crippen LogP contribution >= 0.6 is 11.3 Å². The van der Waals surface area contributed by atoms with Crippen LogP contribution in [0.1, 0.15) is 42.7 Å². The van der Waals surface area contributed by atoms with Gasteiger partial charge in [-0.2, -0.15) is 0 Å². The highest BCUT2D eigenvalue weighted by Crippen LogP contribution is 2.25. The van der Waals surface area contributed by atoms with Crippen LogP contribution in [0.15, 0.2) is 17.5 Å². The molecule has 0 spiro atoms. The van der Waals surface area contributed by atoms with E-state index in [2.05, 4.69) is 48.2 Å². The number of anilines is 1. The summed E-state index contributed by atoms with van der Waals surface area (Å²) in [5.74, 6) is 0.952. The van der Waals surface area contributed by atoms with Gasteiger partial charge in [0.25, 0.3) is 0 Å². The zero-order valence-electron chi connectivity index (χ0n) is 13.5. The molecule has 2 rings (SSSR count). The van der Waals surface area contributed by atoms with Gasteiger partial charge in [-0.15, -0.1) is 11.3 Å². The van der Waals surface area contributed by atoms with Crippen molar-refractivity contribution in [1.29, 1.82) is 0 Å². The Kier molecular flexibility index (Phi) is 4.64. The minimum atomic E-state index is 0.0119. The van der Waals surface area contributed by atoms with Crippen LogP contribution < -0.4 is 10.6 Å². The number of aromatic nitrogens is 2. The maximum atomic E-state index is 5.83. The number of nitrogens with zero attached hydrogens (tertiary/aromatic N) is 3. The van der Waals surface area contributed by atoms with E-state index < -0.39 is 0 Å². The van der Waals surface area contributed by atoms with E-state index in [1.165, 1.54) is 0 Å². The fraction of sp³-hybridized carbons (Fsp3) is 0.500. The third kappa shape index (κ3) is 4.02. The summed E-state index contributed by atoms with van der Waals surface area (Å²) in [7, 11) is 2.05. The molecular weight excluding hydrogens is 280 g/mol. The summed E-state index contributed by atoms with van der Waals surface area (Å²) in [6, 6.07) is 4.17. The molecule has 0 aromatic carbocycles. The van der Waals surface area contributed by atoms with Crippen LogP contribution in [-0.2, 0) is 18.5 Å². The van der Waals surface area contributed by atoms with E-state index in [9.17, 15) is 0 Å². The second kappa shape index (κ2) is 6.12. The summed E-state index contributed by atoms with van der Waals surface area (Å²) in [6.07, 6.45) is 0. The van der Waals surface area contributed by atoms with Crippen LogP contribution in [0.2, 0.25) is 0 Å². The molecule has 0 atom stereocenters. The van der Waals surface area contributed by atoms with Crippen LogP contribution in [0.4, 0.5) is 5.82 Å². The first-order valence-corrected chi connectivity index (χ1v) is 8.01. The van der Waals surface area contributed by atoms with Crippen LogP contribution in [0.25, 0.3) is 0 Å². The summed E-state index contributed by atoms with van der Waals surface area (Å²) < 4.78 is 0. The number of nitrogens with two attached hydrogens (primary N) is 1. The lowest BCUT2D eigenvalue weighted by Gasteiger charge is -2.23. The topological polar surface area (TPSA) is 55.0 Å². The molecule has 2 heterocycles. The monoisotopic (exact) mass is 304 g/mol. The standard InChI is InChI=1S/C16H24N4S/c1-11-18-13(10-21-11)9-20(5)15-7-12(8-17)6-14(19-15)16(2,3)4/h6-7,10H,8-9,17H2,1-5H3. The Morgan fingerprint density at radius 1 is 1.24 bits per heavy atom. The molecule has 5 heteroatoms. The molecule has 2 aromatic rings. The van der Waals surface area contributed by atoms with Crippen molar-refractivity contribution >= 4 is 17.2 Å². The zero-order chi connectivity index (χ0) is 15.6. The van der Waals surface area contributed by atoms with Gasteiger partial charge in [0, 0.05) is 30.1 Å². The van der Waals surface area contributed by atoms with Gasteiger partial charge in [0.2, 0.25) is 0 Å². The van der Waals surface area contributed by atoms with Crippen molar-refractivity contribution in [2.24, 2.45) is 5.73 Å². The molecule has 0 aliphatic heterocycles. The van der Waals surface area contributed by atoms with E-state index in [1.807, 2.05) is 14.0 Å². The van der Waals surface area contributed by atoms with Gasteiger partial charge in [0.1, 0.15) is 5.82 Å². The van der Waals surface area contributed by atoms with Gasteiger partial charge in [-0.25, -0.2) is 9.97 Å². The van der Waals surface area contributed by atoms with Gasteiger partial charge >= 0.3 is 0 Å². The number of rotatable bonds is 4. The van der Waals surface area contributed by atoms with Crippen LogP contribution in [0.5, 0.6) is 0 Å². The first-order chi connectivity index (χ1) is 9.79. The maximum Gasteiger partial charge on any atom is 0.129 e. The summed E-state index contributed by atoms with van der Waals surface area (Å²) in [5.41, 5.74) is 9.11. The highest BCUT2D eigenvalue weighted by Gasteiger charge is 2.18. The molecule has 2 N–H and O–H groups in total. The average molecular weight is 304 g/mol. The molecule has 0 fully saturated rings. The van der Waals surface area contributed by atoms with Gasteiger partial charge in [0.15, 0.2) is 0 Å². The molecule has 0 saturated carbocycles. The molecular formula is C16H24N4S. The Balaban J connectivity index is 2.29. The quantitative estimate of drug-likeness (QED) is 0.942. The lowest BCUT2D eigenvalue weighted by molar-refractivity contribution is 0.567. The average Bonchev–Trinajstić information content (AvgIpc) is 2.82. The second-order valence-corrected chi connectivity index (χ2v) is 7.45. The largest absolute Gasteiger partial charge is 0.354 e. The van der Waals surface area contributed by atoms with Gasteiger partial charge in [-0.1, -0.05) is 20.8 Å². The molecule has 21 heavy (non-hydrogen) atoms. The van der Waals surface area contributed by atoms with Crippen molar-refractivity contribution in [2.75, 3.05) is 11.9 Å². The Hall–Kier alpha value is -1.46. The molecule has 0 aliphatic carbocycles. The number of hydrogen-bond acceptors (Lipinski definition) is 5.